The van der Waals surface area contributed by atoms with Gasteiger partial charge >= 0.3 is 10.1 Å². The molecule has 0 bridgehead atoms. The molecule has 0 saturated carbocycles. The van der Waals surface area contributed by atoms with E-state index in [1.54, 1.807) is 12.1 Å². The molecule has 5 nitrogen and oxygen atoms in total. The van der Waals surface area contributed by atoms with Crippen LogP contribution in [0.2, 0.25) is 0 Å². The quantitative estimate of drug-likeness (QED) is 0.115. The van der Waals surface area contributed by atoms with Crippen LogP contribution in [0.4, 0.5) is 0 Å². The van der Waals surface area contributed by atoms with Crippen LogP contribution in [-0.2, 0) is 14.9 Å². The van der Waals surface area contributed by atoms with Gasteiger partial charge in [-0.05, 0) is 30.2 Å². The molecule has 0 fully saturated rings. The van der Waals surface area contributed by atoms with Crippen LogP contribution in [0.1, 0.15) is 96.8 Å². The summed E-state index contributed by atoms with van der Waals surface area (Å²) in [6.07, 6.45) is 17.1. The Morgan fingerprint density at radius 3 is 1.81 bits per heavy atom. The molecule has 0 aliphatic rings. The van der Waals surface area contributed by atoms with Crippen LogP contribution >= 0.6 is 11.6 Å². The molecule has 1 rings (SSSR count). The summed E-state index contributed by atoms with van der Waals surface area (Å²) in [5, 5.41) is -0.628. The number of unbranched alkanes of at least 4 members (excludes halogenated alkanes) is 13. The minimum atomic E-state index is -3.65. The van der Waals surface area contributed by atoms with E-state index in [9.17, 15) is 13.2 Å². The van der Waals surface area contributed by atoms with Crippen molar-refractivity contribution in [1.29, 1.82) is 0 Å². The normalized spacial score (nSPS) is 11.4. The number of hydrogen-bond acceptors (Lipinski definition) is 5. The lowest BCUT2D eigenvalue weighted by molar-refractivity contribution is -0.113. The second-order valence-corrected chi connectivity index (χ2v) is 10.2. The lowest BCUT2D eigenvalue weighted by atomic mass is 10.0. The fourth-order valence-corrected chi connectivity index (χ4v) is 4.51. The van der Waals surface area contributed by atoms with Crippen molar-refractivity contribution >= 4 is 27.0 Å². The maximum atomic E-state index is 12.2. The van der Waals surface area contributed by atoms with Gasteiger partial charge in [-0.25, -0.2) is 0 Å². The van der Waals surface area contributed by atoms with E-state index >= 15 is 0 Å². The zero-order valence-electron chi connectivity index (χ0n) is 19.0. The topological polar surface area (TPSA) is 69.7 Å². The van der Waals surface area contributed by atoms with Gasteiger partial charge in [-0.3, -0.25) is 4.79 Å². The average molecular weight is 475 g/mol. The monoisotopic (exact) mass is 474 g/mol. The Morgan fingerprint density at radius 1 is 0.806 bits per heavy atom. The zero-order valence-corrected chi connectivity index (χ0v) is 20.5. The highest BCUT2D eigenvalue weighted by Crippen LogP contribution is 2.21. The van der Waals surface area contributed by atoms with Gasteiger partial charge in [0.15, 0.2) is 6.61 Å². The molecule has 0 aliphatic carbocycles. The third kappa shape index (κ3) is 16.1. The lowest BCUT2D eigenvalue weighted by Crippen LogP contribution is -2.14. The highest BCUT2D eigenvalue weighted by Gasteiger charge is 2.13. The molecule has 1 aromatic carbocycles. The van der Waals surface area contributed by atoms with E-state index in [1.165, 1.54) is 76.3 Å². The van der Waals surface area contributed by atoms with Crippen LogP contribution in [0.25, 0.3) is 0 Å². The Kier molecular flexibility index (Phi) is 15.5. The molecule has 0 radical (unpaired) electrons. The van der Waals surface area contributed by atoms with Crippen molar-refractivity contribution in [2.45, 2.75) is 96.8 Å². The summed E-state index contributed by atoms with van der Waals surface area (Å²) in [5.41, 5.74) is 0. The van der Waals surface area contributed by atoms with Crippen LogP contribution < -0.4 is 8.92 Å². The number of carbonyl (C=O) groups is 1. The van der Waals surface area contributed by atoms with E-state index in [2.05, 4.69) is 6.92 Å². The second-order valence-electron chi connectivity index (χ2n) is 8.06. The molecule has 0 amide bonds. The predicted octanol–water partition coefficient (Wildman–Crippen LogP) is 7.02. The first-order valence-electron chi connectivity index (χ1n) is 11.8. The Morgan fingerprint density at radius 2 is 1.29 bits per heavy atom. The van der Waals surface area contributed by atoms with Crippen LogP contribution in [-0.4, -0.2) is 26.0 Å². The van der Waals surface area contributed by atoms with Gasteiger partial charge in [0.1, 0.15) is 11.5 Å². The lowest BCUT2D eigenvalue weighted by Gasteiger charge is -2.09. The molecule has 178 valence electrons. The van der Waals surface area contributed by atoms with E-state index in [-0.39, 0.29) is 18.1 Å². The minimum Gasteiger partial charge on any atom is -0.484 e. The van der Waals surface area contributed by atoms with Crippen LogP contribution in [0, 0.1) is 0 Å². The highest BCUT2D eigenvalue weighted by molar-refractivity contribution is 7.87. The zero-order chi connectivity index (χ0) is 22.8. The molecule has 0 unspecified atom stereocenters. The van der Waals surface area contributed by atoms with E-state index in [1.807, 2.05) is 0 Å². The molecule has 7 heteroatoms. The number of carbonyl (C=O) groups excluding carboxylic acids is 1. The van der Waals surface area contributed by atoms with Gasteiger partial charge in [0.25, 0.3) is 5.24 Å². The summed E-state index contributed by atoms with van der Waals surface area (Å²) in [7, 11) is -3.65. The summed E-state index contributed by atoms with van der Waals surface area (Å²) in [4.78, 5) is 10.8. The fraction of sp³-hybridized carbons (Fsp3) is 0.708. The van der Waals surface area contributed by atoms with Crippen molar-refractivity contribution in [2.24, 2.45) is 0 Å². The Bertz CT molecular complexity index is 706. The van der Waals surface area contributed by atoms with Crippen molar-refractivity contribution in [1.82, 2.24) is 0 Å². The Labute approximate surface area is 194 Å². The number of hydrogen-bond donors (Lipinski definition) is 0. The number of benzene rings is 1. The van der Waals surface area contributed by atoms with Gasteiger partial charge in [0.05, 0.1) is 5.75 Å². The smallest absolute Gasteiger partial charge is 0.309 e. The van der Waals surface area contributed by atoms with Crippen LogP contribution in [0.5, 0.6) is 11.5 Å². The summed E-state index contributed by atoms with van der Waals surface area (Å²) in [6.45, 7) is 1.97. The third-order valence-corrected chi connectivity index (χ3v) is 6.47. The third-order valence-electron chi connectivity index (χ3n) is 5.13. The maximum Gasteiger partial charge on any atom is 0.309 e. The van der Waals surface area contributed by atoms with E-state index in [0.29, 0.717) is 12.2 Å². The van der Waals surface area contributed by atoms with Crippen molar-refractivity contribution < 1.29 is 22.1 Å². The molecular formula is C24H39ClO5S. The Hall–Kier alpha value is -1.27. The molecule has 0 N–H and O–H groups in total. The van der Waals surface area contributed by atoms with Gasteiger partial charge in [-0.15, -0.1) is 0 Å². The first-order chi connectivity index (χ1) is 14.9. The van der Waals surface area contributed by atoms with Gasteiger partial charge in [-0.2, -0.15) is 8.42 Å². The van der Waals surface area contributed by atoms with Crippen molar-refractivity contribution in [3.8, 4) is 11.5 Å². The van der Waals surface area contributed by atoms with E-state index < -0.39 is 15.4 Å². The van der Waals surface area contributed by atoms with Crippen molar-refractivity contribution in [3.05, 3.63) is 24.3 Å². The Balaban J connectivity index is 2.06. The van der Waals surface area contributed by atoms with Gasteiger partial charge in [0, 0.05) is 6.07 Å². The van der Waals surface area contributed by atoms with E-state index in [0.717, 1.165) is 19.3 Å². The summed E-state index contributed by atoms with van der Waals surface area (Å²) < 4.78 is 34.6. The summed E-state index contributed by atoms with van der Waals surface area (Å²) in [5.74, 6) is 0.499. The minimum absolute atomic E-state index is 0.00369. The average Bonchev–Trinajstić information content (AvgIpc) is 2.72. The second kappa shape index (κ2) is 17.3. The maximum absolute atomic E-state index is 12.2. The first kappa shape index (κ1) is 27.8. The van der Waals surface area contributed by atoms with Gasteiger partial charge in [0.2, 0.25) is 0 Å². The summed E-state index contributed by atoms with van der Waals surface area (Å²) >= 11 is 5.23. The molecule has 0 heterocycles. The molecule has 0 spiro atoms. The first-order valence-corrected chi connectivity index (χ1v) is 13.7. The van der Waals surface area contributed by atoms with Crippen LogP contribution in [0.3, 0.4) is 0 Å². The number of ether oxygens (including phenoxy) is 1. The summed E-state index contributed by atoms with van der Waals surface area (Å²) in [6, 6.07) is 6.18. The molecule has 0 aromatic heterocycles. The largest absolute Gasteiger partial charge is 0.484 e. The molecule has 0 aliphatic heterocycles. The van der Waals surface area contributed by atoms with Crippen molar-refractivity contribution in [3.63, 3.8) is 0 Å². The predicted molar refractivity (Wildman–Crippen MR) is 128 cm³/mol. The van der Waals surface area contributed by atoms with E-state index in [4.69, 9.17) is 20.5 Å². The molecular weight excluding hydrogens is 436 g/mol. The molecule has 31 heavy (non-hydrogen) atoms. The fourth-order valence-electron chi connectivity index (χ4n) is 3.42. The van der Waals surface area contributed by atoms with Crippen molar-refractivity contribution in [2.75, 3.05) is 12.4 Å². The molecule has 0 saturated heterocycles. The highest BCUT2D eigenvalue weighted by atomic mass is 35.5. The van der Waals surface area contributed by atoms with Gasteiger partial charge < -0.3 is 8.92 Å². The SMILES string of the molecule is CCCCCCCCCCCCCCCCS(=O)(=O)Oc1cccc(OCC(=O)Cl)c1. The standard InChI is InChI=1S/C24H39ClO5S/c1-2-3-4-5-6-7-8-9-10-11-12-13-14-15-19-31(27,28)30-23-18-16-17-22(20-23)29-21-24(25)26/h16-18,20H,2-15,19,21H2,1H3. The molecule has 0 atom stereocenters. The van der Waals surface area contributed by atoms with Crippen LogP contribution in [0.15, 0.2) is 24.3 Å². The number of halogens is 1. The number of rotatable bonds is 20. The van der Waals surface area contributed by atoms with Gasteiger partial charge in [-0.1, -0.05) is 96.5 Å². The molecule has 1 aromatic rings.